The second-order valence-corrected chi connectivity index (χ2v) is 10.8. The van der Waals surface area contributed by atoms with Crippen molar-refractivity contribution >= 4 is 27.3 Å². The Bertz CT molecular complexity index is 1150. The molecule has 2 aromatic carbocycles. The summed E-state index contributed by atoms with van der Waals surface area (Å²) >= 11 is 0. The lowest BCUT2D eigenvalue weighted by molar-refractivity contribution is -0.384. The van der Waals surface area contributed by atoms with Gasteiger partial charge in [0, 0.05) is 45.3 Å². The van der Waals surface area contributed by atoms with Crippen LogP contribution in [0.15, 0.2) is 47.4 Å². The first-order valence-electron chi connectivity index (χ1n) is 11.6. The lowest BCUT2D eigenvalue weighted by Gasteiger charge is -2.36. The fraction of sp³-hybridized carbons (Fsp3) is 0.458. The van der Waals surface area contributed by atoms with Crippen LogP contribution in [0, 0.1) is 17.0 Å². The standard InChI is InChI=1S/C24H30N4O5S/c1-19-5-7-20(8-6-19)17-24(29)26-15-13-25(14-16-26)22-10-9-21(18-23(22)28(30)31)34(32,33)27-11-3-2-4-12-27/h5-10,18H,2-4,11-17H2,1H3. The molecule has 1 amide bonds. The molecule has 2 aromatic rings. The summed E-state index contributed by atoms with van der Waals surface area (Å²) in [5.41, 5.74) is 2.26. The summed E-state index contributed by atoms with van der Waals surface area (Å²) in [7, 11) is -3.76. The molecular weight excluding hydrogens is 456 g/mol. The first kappa shape index (κ1) is 24.2. The molecule has 10 heteroatoms. The Labute approximate surface area is 200 Å². The van der Waals surface area contributed by atoms with E-state index in [2.05, 4.69) is 0 Å². The van der Waals surface area contributed by atoms with E-state index in [-0.39, 0.29) is 16.5 Å². The number of amides is 1. The van der Waals surface area contributed by atoms with Gasteiger partial charge in [-0.2, -0.15) is 4.31 Å². The van der Waals surface area contributed by atoms with Crippen molar-refractivity contribution in [2.75, 3.05) is 44.2 Å². The number of anilines is 1. The molecule has 0 atom stereocenters. The number of piperazine rings is 1. The van der Waals surface area contributed by atoms with Crippen LogP contribution in [-0.2, 0) is 21.2 Å². The molecule has 0 aliphatic carbocycles. The minimum absolute atomic E-state index is 0.0287. The largest absolute Gasteiger partial charge is 0.362 e. The van der Waals surface area contributed by atoms with Gasteiger partial charge in [-0.3, -0.25) is 14.9 Å². The monoisotopic (exact) mass is 486 g/mol. The fourth-order valence-corrected chi connectivity index (χ4v) is 6.06. The van der Waals surface area contributed by atoms with Crippen molar-refractivity contribution in [3.8, 4) is 0 Å². The zero-order valence-electron chi connectivity index (χ0n) is 19.4. The molecule has 0 bridgehead atoms. The van der Waals surface area contributed by atoms with Gasteiger partial charge in [-0.15, -0.1) is 0 Å². The van der Waals surface area contributed by atoms with Crippen LogP contribution in [0.1, 0.15) is 30.4 Å². The van der Waals surface area contributed by atoms with Gasteiger partial charge in [0.15, 0.2) is 0 Å². The number of hydrogen-bond donors (Lipinski definition) is 0. The first-order chi connectivity index (χ1) is 16.3. The van der Waals surface area contributed by atoms with Crippen molar-refractivity contribution in [1.29, 1.82) is 0 Å². The summed E-state index contributed by atoms with van der Waals surface area (Å²) in [6, 6.07) is 12.0. The highest BCUT2D eigenvalue weighted by atomic mass is 32.2. The molecular formula is C24H30N4O5S. The van der Waals surface area contributed by atoms with E-state index in [4.69, 9.17) is 0 Å². The highest BCUT2D eigenvalue weighted by molar-refractivity contribution is 7.89. The van der Waals surface area contributed by atoms with Crippen molar-refractivity contribution in [1.82, 2.24) is 9.21 Å². The SMILES string of the molecule is Cc1ccc(CC(=O)N2CCN(c3ccc(S(=O)(=O)N4CCCCC4)cc3[N+](=O)[O-])CC2)cc1. The molecule has 0 unspecified atom stereocenters. The van der Waals surface area contributed by atoms with Crippen molar-refractivity contribution in [3.63, 3.8) is 0 Å². The average Bonchev–Trinajstić information content (AvgIpc) is 2.85. The summed E-state index contributed by atoms with van der Waals surface area (Å²) < 4.78 is 27.4. The lowest BCUT2D eigenvalue weighted by atomic mass is 10.1. The van der Waals surface area contributed by atoms with Crippen molar-refractivity contribution in [2.45, 2.75) is 37.5 Å². The van der Waals surface area contributed by atoms with Crippen LogP contribution in [0.4, 0.5) is 11.4 Å². The van der Waals surface area contributed by atoms with Gasteiger partial charge in [0.05, 0.1) is 16.2 Å². The molecule has 9 nitrogen and oxygen atoms in total. The summed E-state index contributed by atoms with van der Waals surface area (Å²) in [5.74, 6) is 0.0287. The molecule has 2 heterocycles. The van der Waals surface area contributed by atoms with Gasteiger partial charge in [-0.25, -0.2) is 8.42 Å². The predicted molar refractivity (Wildman–Crippen MR) is 129 cm³/mol. The zero-order valence-corrected chi connectivity index (χ0v) is 20.2. The quantitative estimate of drug-likeness (QED) is 0.459. The summed E-state index contributed by atoms with van der Waals surface area (Å²) in [5, 5.41) is 11.8. The zero-order chi connectivity index (χ0) is 24.3. The highest BCUT2D eigenvalue weighted by Gasteiger charge is 2.31. The molecule has 34 heavy (non-hydrogen) atoms. The summed E-state index contributed by atoms with van der Waals surface area (Å²) in [6.07, 6.45) is 2.91. The first-order valence-corrected chi connectivity index (χ1v) is 13.1. The van der Waals surface area contributed by atoms with Crippen molar-refractivity contribution in [3.05, 3.63) is 63.7 Å². The molecule has 0 radical (unpaired) electrons. The topological polar surface area (TPSA) is 104 Å². The van der Waals surface area contributed by atoms with Gasteiger partial charge in [-0.05, 0) is 37.5 Å². The third-order valence-electron chi connectivity index (χ3n) is 6.55. The van der Waals surface area contributed by atoms with E-state index in [1.165, 1.54) is 22.5 Å². The smallest absolute Gasteiger partial charge is 0.293 e. The van der Waals surface area contributed by atoms with Crippen molar-refractivity contribution in [2.24, 2.45) is 0 Å². The van der Waals surface area contributed by atoms with E-state index in [1.807, 2.05) is 36.1 Å². The number of aryl methyl sites for hydroxylation is 1. The fourth-order valence-electron chi connectivity index (χ4n) is 4.52. The molecule has 2 saturated heterocycles. The molecule has 182 valence electrons. The minimum Gasteiger partial charge on any atom is -0.362 e. The Balaban J connectivity index is 1.45. The Morgan fingerprint density at radius 3 is 2.21 bits per heavy atom. The number of nitro benzene ring substituents is 1. The lowest BCUT2D eigenvalue weighted by Crippen LogP contribution is -2.49. The Morgan fingerprint density at radius 1 is 0.941 bits per heavy atom. The van der Waals surface area contributed by atoms with Gasteiger partial charge in [0.25, 0.3) is 5.69 Å². The number of rotatable bonds is 6. The van der Waals surface area contributed by atoms with Gasteiger partial charge >= 0.3 is 0 Å². The molecule has 4 rings (SSSR count). The molecule has 0 aromatic heterocycles. The van der Waals surface area contributed by atoms with Gasteiger partial charge in [0.1, 0.15) is 5.69 Å². The maximum atomic E-state index is 13.0. The third kappa shape index (κ3) is 5.23. The van der Waals surface area contributed by atoms with E-state index in [0.29, 0.717) is 51.4 Å². The van der Waals surface area contributed by atoms with Crippen LogP contribution in [-0.4, -0.2) is 67.7 Å². The van der Waals surface area contributed by atoms with E-state index >= 15 is 0 Å². The predicted octanol–water partition coefficient (Wildman–Crippen LogP) is 2.97. The maximum absolute atomic E-state index is 13.0. The number of nitro groups is 1. The van der Waals surface area contributed by atoms with Crippen LogP contribution >= 0.6 is 0 Å². The minimum atomic E-state index is -3.76. The Hall–Kier alpha value is -2.98. The number of carbonyl (C=O) groups is 1. The summed E-state index contributed by atoms with van der Waals surface area (Å²) in [4.78, 5) is 27.6. The van der Waals surface area contributed by atoms with E-state index < -0.39 is 14.9 Å². The number of benzene rings is 2. The molecule has 2 aliphatic heterocycles. The Kier molecular flexibility index (Phi) is 7.18. The second kappa shape index (κ2) is 10.1. The van der Waals surface area contributed by atoms with E-state index in [1.54, 1.807) is 4.90 Å². The molecule has 2 aliphatic rings. The normalized spacial score (nSPS) is 17.6. The third-order valence-corrected chi connectivity index (χ3v) is 8.44. The number of nitrogens with zero attached hydrogens (tertiary/aromatic N) is 4. The van der Waals surface area contributed by atoms with E-state index in [9.17, 15) is 23.3 Å². The summed E-state index contributed by atoms with van der Waals surface area (Å²) in [6.45, 7) is 4.68. The number of sulfonamides is 1. The van der Waals surface area contributed by atoms with Gasteiger partial charge < -0.3 is 9.80 Å². The van der Waals surface area contributed by atoms with Crippen LogP contribution in [0.2, 0.25) is 0 Å². The van der Waals surface area contributed by atoms with Gasteiger partial charge in [0.2, 0.25) is 15.9 Å². The van der Waals surface area contributed by atoms with E-state index in [0.717, 1.165) is 30.4 Å². The van der Waals surface area contributed by atoms with Crippen LogP contribution in [0.25, 0.3) is 0 Å². The molecule has 0 spiro atoms. The molecule has 0 saturated carbocycles. The highest BCUT2D eigenvalue weighted by Crippen LogP contribution is 2.33. The van der Waals surface area contributed by atoms with Gasteiger partial charge in [-0.1, -0.05) is 36.2 Å². The van der Waals surface area contributed by atoms with Crippen LogP contribution < -0.4 is 4.90 Å². The average molecular weight is 487 g/mol. The number of carbonyl (C=O) groups excluding carboxylic acids is 1. The molecule has 0 N–H and O–H groups in total. The van der Waals surface area contributed by atoms with Crippen LogP contribution in [0.5, 0.6) is 0 Å². The molecule has 2 fully saturated rings. The van der Waals surface area contributed by atoms with Crippen molar-refractivity contribution < 1.29 is 18.1 Å². The van der Waals surface area contributed by atoms with Crippen LogP contribution in [0.3, 0.4) is 0 Å². The second-order valence-electron chi connectivity index (χ2n) is 8.90. The maximum Gasteiger partial charge on any atom is 0.293 e. The number of piperidine rings is 1. The number of hydrogen-bond acceptors (Lipinski definition) is 6. The Morgan fingerprint density at radius 2 is 1.59 bits per heavy atom.